The first-order chi connectivity index (χ1) is 15.8. The van der Waals surface area contributed by atoms with Crippen LogP contribution in [-0.4, -0.2) is 43.4 Å². The number of imidazole rings is 1. The van der Waals surface area contributed by atoms with Gasteiger partial charge in [0.2, 0.25) is 0 Å². The summed E-state index contributed by atoms with van der Waals surface area (Å²) in [5.41, 5.74) is 0.171. The lowest BCUT2D eigenvalue weighted by Crippen LogP contribution is -2.37. The molecule has 172 valence electrons. The molecule has 0 spiro atoms. The van der Waals surface area contributed by atoms with Crippen molar-refractivity contribution in [1.82, 2.24) is 23.3 Å². The number of hydrogen-bond donors (Lipinski definition) is 0. The predicted molar refractivity (Wildman–Crippen MR) is 124 cm³/mol. The predicted octanol–water partition coefficient (Wildman–Crippen LogP) is 0.781. The Balaban J connectivity index is 1.81. The van der Waals surface area contributed by atoms with Crippen LogP contribution in [0.1, 0.15) is 0 Å². The number of benzene rings is 1. The lowest BCUT2D eigenvalue weighted by Gasteiger charge is -2.08. The molecule has 3 aromatic heterocycles. The first-order valence-electron chi connectivity index (χ1n) is 9.85. The van der Waals surface area contributed by atoms with E-state index >= 15 is 0 Å². The van der Waals surface area contributed by atoms with Gasteiger partial charge in [0.15, 0.2) is 27.5 Å². The molecule has 0 aliphatic carbocycles. The summed E-state index contributed by atoms with van der Waals surface area (Å²) in [6, 6.07) is 3.65. The van der Waals surface area contributed by atoms with Gasteiger partial charge in [-0.15, -0.1) is 6.58 Å². The Morgan fingerprint density at radius 2 is 1.88 bits per heavy atom. The van der Waals surface area contributed by atoms with Crippen molar-refractivity contribution in [2.75, 3.05) is 14.2 Å². The number of methoxy groups -OCH3 is 2. The summed E-state index contributed by atoms with van der Waals surface area (Å²) in [7, 11) is 6.01. The number of aryl methyl sites for hydroxylation is 1. The van der Waals surface area contributed by atoms with Gasteiger partial charge in [-0.1, -0.05) is 17.4 Å². The standard InChI is InChI=1S/C21H22N6O5S/c1-6-7-27-12-8-13(31-4)14(32-5)9-15(12)33-20(27)23-16(28)10-26-11-22-18-17(26)19(29)25(3)21(30)24(18)2/h6,8-9,11H,1,7,10H2,2-5H3. The van der Waals surface area contributed by atoms with E-state index in [9.17, 15) is 14.4 Å². The average Bonchev–Trinajstić information content (AvgIpc) is 3.36. The summed E-state index contributed by atoms with van der Waals surface area (Å²) in [4.78, 5) is 46.5. The lowest BCUT2D eigenvalue weighted by atomic mass is 10.3. The fourth-order valence-corrected chi connectivity index (χ4v) is 4.66. The third-order valence-corrected chi connectivity index (χ3v) is 6.28. The van der Waals surface area contributed by atoms with Crippen LogP contribution in [0.25, 0.3) is 21.4 Å². The monoisotopic (exact) mass is 470 g/mol. The molecule has 0 aliphatic heterocycles. The third-order valence-electron chi connectivity index (χ3n) is 5.24. The molecular formula is C21H22N6O5S. The van der Waals surface area contributed by atoms with E-state index in [4.69, 9.17) is 9.47 Å². The molecule has 0 fully saturated rings. The first kappa shape index (κ1) is 22.3. The fraction of sp³-hybridized carbons (Fsp3) is 0.286. The fourth-order valence-electron chi connectivity index (χ4n) is 3.59. The maximum absolute atomic E-state index is 12.9. The summed E-state index contributed by atoms with van der Waals surface area (Å²) >= 11 is 1.32. The minimum atomic E-state index is -0.527. The molecule has 0 atom stereocenters. The number of nitrogens with zero attached hydrogens (tertiary/aromatic N) is 6. The van der Waals surface area contributed by atoms with Crippen molar-refractivity contribution in [3.05, 3.63) is 56.8 Å². The highest BCUT2D eigenvalue weighted by atomic mass is 32.1. The minimum Gasteiger partial charge on any atom is -0.493 e. The zero-order valence-corrected chi connectivity index (χ0v) is 19.4. The van der Waals surface area contributed by atoms with Crippen LogP contribution < -0.4 is 25.5 Å². The Hall–Kier alpha value is -3.93. The second kappa shape index (κ2) is 8.54. The number of carbonyl (C=O) groups excluding carboxylic acids is 1. The van der Waals surface area contributed by atoms with Gasteiger partial charge in [0.25, 0.3) is 11.5 Å². The van der Waals surface area contributed by atoms with Gasteiger partial charge in [0, 0.05) is 32.8 Å². The summed E-state index contributed by atoms with van der Waals surface area (Å²) in [5, 5.41) is 0. The first-order valence-corrected chi connectivity index (χ1v) is 10.7. The minimum absolute atomic E-state index is 0.160. The van der Waals surface area contributed by atoms with E-state index in [1.54, 1.807) is 20.3 Å². The Morgan fingerprint density at radius 3 is 2.55 bits per heavy atom. The van der Waals surface area contributed by atoms with Gasteiger partial charge in [0.05, 0.1) is 30.8 Å². The Kier molecular flexibility index (Phi) is 5.77. The van der Waals surface area contributed by atoms with Gasteiger partial charge < -0.3 is 18.6 Å². The Bertz CT molecular complexity index is 1600. The van der Waals surface area contributed by atoms with Crippen LogP contribution in [0, 0.1) is 0 Å². The molecule has 11 nitrogen and oxygen atoms in total. The van der Waals surface area contributed by atoms with Gasteiger partial charge in [-0.05, 0) is 0 Å². The summed E-state index contributed by atoms with van der Waals surface area (Å²) in [6.45, 7) is 4.01. The van der Waals surface area contributed by atoms with Crippen molar-refractivity contribution in [1.29, 1.82) is 0 Å². The van der Waals surface area contributed by atoms with Crippen LogP contribution in [0.2, 0.25) is 0 Å². The molecule has 3 heterocycles. The Morgan fingerprint density at radius 1 is 1.18 bits per heavy atom. The molecular weight excluding hydrogens is 448 g/mol. The van der Waals surface area contributed by atoms with Crippen molar-refractivity contribution in [3.63, 3.8) is 0 Å². The van der Waals surface area contributed by atoms with Crippen molar-refractivity contribution < 1.29 is 14.3 Å². The van der Waals surface area contributed by atoms with Crippen LogP contribution in [-0.2, 0) is 32.0 Å². The highest BCUT2D eigenvalue weighted by Crippen LogP contribution is 2.33. The molecule has 1 amide bonds. The van der Waals surface area contributed by atoms with Crippen LogP contribution in [0.15, 0.2) is 45.7 Å². The van der Waals surface area contributed by atoms with Crippen LogP contribution in [0.3, 0.4) is 0 Å². The van der Waals surface area contributed by atoms with Gasteiger partial charge in [-0.2, -0.15) is 4.99 Å². The topological polar surface area (TPSA) is 115 Å². The lowest BCUT2D eigenvalue weighted by molar-refractivity contribution is -0.118. The third kappa shape index (κ3) is 3.67. The number of thiazole rings is 1. The molecule has 1 aromatic carbocycles. The van der Waals surface area contributed by atoms with E-state index in [0.29, 0.717) is 22.8 Å². The number of aromatic nitrogens is 5. The van der Waals surface area contributed by atoms with E-state index in [2.05, 4.69) is 16.6 Å². The van der Waals surface area contributed by atoms with E-state index < -0.39 is 17.2 Å². The van der Waals surface area contributed by atoms with E-state index in [1.165, 1.54) is 40.9 Å². The molecule has 4 aromatic rings. The number of allylic oxidation sites excluding steroid dienone is 1. The number of fused-ring (bicyclic) bond motifs is 2. The summed E-state index contributed by atoms with van der Waals surface area (Å²) in [5.74, 6) is 0.652. The highest BCUT2D eigenvalue weighted by Gasteiger charge is 2.17. The van der Waals surface area contributed by atoms with Crippen LogP contribution >= 0.6 is 11.3 Å². The zero-order chi connectivity index (χ0) is 23.9. The zero-order valence-electron chi connectivity index (χ0n) is 18.6. The van der Waals surface area contributed by atoms with Gasteiger partial charge >= 0.3 is 5.69 Å². The quantitative estimate of drug-likeness (QED) is 0.385. The SMILES string of the molecule is C=CCn1c(=NC(=O)Cn2cnc3c2c(=O)n(C)c(=O)n3C)sc2cc(OC)c(OC)cc21. The van der Waals surface area contributed by atoms with Crippen LogP contribution in [0.4, 0.5) is 0 Å². The van der Waals surface area contributed by atoms with Crippen molar-refractivity contribution in [2.24, 2.45) is 19.1 Å². The number of carbonyl (C=O) groups is 1. The second-order valence-corrected chi connectivity index (χ2v) is 8.22. The number of rotatable bonds is 6. The van der Waals surface area contributed by atoms with Crippen LogP contribution in [0.5, 0.6) is 11.5 Å². The highest BCUT2D eigenvalue weighted by molar-refractivity contribution is 7.16. The molecule has 0 bridgehead atoms. The molecule has 0 aliphatic rings. The van der Waals surface area contributed by atoms with E-state index in [-0.39, 0.29) is 17.7 Å². The van der Waals surface area contributed by atoms with E-state index in [0.717, 1.165) is 14.8 Å². The summed E-state index contributed by atoms with van der Waals surface area (Å²) < 4.78 is 17.1. The molecule has 12 heteroatoms. The molecule has 0 saturated carbocycles. The molecule has 33 heavy (non-hydrogen) atoms. The van der Waals surface area contributed by atoms with Crippen molar-refractivity contribution in [2.45, 2.75) is 13.1 Å². The normalized spacial score (nSPS) is 11.9. The number of ether oxygens (including phenoxy) is 2. The largest absolute Gasteiger partial charge is 0.493 e. The molecule has 0 unspecified atom stereocenters. The maximum Gasteiger partial charge on any atom is 0.332 e. The molecule has 4 rings (SSSR count). The van der Waals surface area contributed by atoms with Gasteiger partial charge in [-0.3, -0.25) is 18.7 Å². The molecule has 0 radical (unpaired) electrons. The maximum atomic E-state index is 12.9. The average molecular weight is 471 g/mol. The molecule has 0 N–H and O–H groups in total. The molecule has 0 saturated heterocycles. The van der Waals surface area contributed by atoms with Crippen molar-refractivity contribution >= 4 is 38.6 Å². The van der Waals surface area contributed by atoms with E-state index in [1.807, 2.05) is 16.7 Å². The van der Waals surface area contributed by atoms with Gasteiger partial charge in [0.1, 0.15) is 6.54 Å². The number of amides is 1. The van der Waals surface area contributed by atoms with Gasteiger partial charge in [-0.25, -0.2) is 9.78 Å². The smallest absolute Gasteiger partial charge is 0.332 e. The Labute approximate surface area is 191 Å². The summed E-state index contributed by atoms with van der Waals surface area (Å²) in [6.07, 6.45) is 3.07. The van der Waals surface area contributed by atoms with Crippen molar-refractivity contribution in [3.8, 4) is 11.5 Å². The second-order valence-electron chi connectivity index (χ2n) is 7.21. The number of hydrogen-bond acceptors (Lipinski definition) is 7.